The summed E-state index contributed by atoms with van der Waals surface area (Å²) in [5.74, 6) is 0.802. The molecule has 19 nitrogen and oxygen atoms in total. The Bertz CT molecular complexity index is 2870. The minimum atomic E-state index is -3.73. The van der Waals surface area contributed by atoms with E-state index in [4.69, 9.17) is 14.2 Å². The van der Waals surface area contributed by atoms with Crippen LogP contribution in [0.5, 0.6) is 11.5 Å². The molecule has 3 aliphatic rings. The average molecular weight is 1000 g/mol. The van der Waals surface area contributed by atoms with E-state index >= 15 is 0 Å². The van der Waals surface area contributed by atoms with E-state index in [0.717, 1.165) is 49.7 Å². The summed E-state index contributed by atoms with van der Waals surface area (Å²) in [6, 6.07) is 24.3. The zero-order chi connectivity index (χ0) is 50.8. The minimum absolute atomic E-state index is 0.109. The molecule has 5 amide bonds. The zero-order valence-electron chi connectivity index (χ0n) is 41.0. The van der Waals surface area contributed by atoms with E-state index in [1.165, 1.54) is 16.5 Å². The fraction of sp³-hybridized carbons (Fsp3) is 0.385. The summed E-state index contributed by atoms with van der Waals surface area (Å²) in [7, 11) is -3.73. The number of benzene rings is 4. The van der Waals surface area contributed by atoms with Crippen LogP contribution in [0.3, 0.4) is 0 Å². The second-order valence-electron chi connectivity index (χ2n) is 19.0. The van der Waals surface area contributed by atoms with E-state index in [1.807, 2.05) is 43.3 Å². The molecule has 72 heavy (non-hydrogen) atoms. The van der Waals surface area contributed by atoms with Gasteiger partial charge in [0.1, 0.15) is 30.0 Å². The van der Waals surface area contributed by atoms with Crippen LogP contribution >= 0.6 is 0 Å². The molecule has 380 valence electrons. The van der Waals surface area contributed by atoms with Gasteiger partial charge in [-0.05, 0) is 107 Å². The third kappa shape index (κ3) is 13.6. The number of imide groups is 1. The van der Waals surface area contributed by atoms with E-state index in [2.05, 4.69) is 58.3 Å². The Labute approximate surface area is 419 Å². The fourth-order valence-corrected chi connectivity index (χ4v) is 9.98. The maximum Gasteiger partial charge on any atom is 0.315 e. The molecule has 0 spiro atoms. The molecule has 8 rings (SSSR count). The number of anilines is 4. The van der Waals surface area contributed by atoms with Crippen LogP contribution < -0.4 is 40.8 Å². The van der Waals surface area contributed by atoms with Crippen LogP contribution in [0.4, 0.5) is 27.9 Å². The third-order valence-corrected chi connectivity index (χ3v) is 13.9. The molecule has 1 aromatic heterocycles. The molecule has 1 atom stereocenters. The number of ether oxygens (including phenoxy) is 3. The standard InChI is InChI=1S/C52H62N10O9S/c1-34-29-54-50(59-47(34)56-39-8-5-9-41(28-39)72(67,68)60-52(2,3)4)57-38-17-19-40(20-18-38)70-25-7-22-53-51(66)55-30-37-16-21-42-43(32-62(49(42)65)44-10-6-11-45(63)58-48(44)64)46(37)71-33-36-14-12-35(13-15-36)31-61-23-26-69-27-24-61/h5,8-9,12-21,28-29,44,60H,6-7,10-11,22-27,30-33H2,1-4H3,(H2,53,55,66)(H,58,63,64)(H2,54,56,57,59)/t44-/m0/s1. The minimum Gasteiger partial charge on any atom is -0.494 e. The van der Waals surface area contributed by atoms with Crippen LogP contribution in [0.25, 0.3) is 0 Å². The number of carbonyl (C=O) groups excluding carboxylic acids is 4. The van der Waals surface area contributed by atoms with Crippen molar-refractivity contribution in [2.45, 2.75) is 96.1 Å². The number of aryl methyl sites for hydroxylation is 1. The SMILES string of the molecule is Cc1cnc(Nc2ccc(OCCCNC(=O)NCc3ccc4c(c3OCc3ccc(CN5CCOCC5)cc3)CN([C@H]3CCCC(=O)NC3=O)C4=O)cc2)nc1Nc1cccc(S(=O)(=O)NC(C)(C)C)c1. The van der Waals surface area contributed by atoms with Gasteiger partial charge >= 0.3 is 6.03 Å². The molecule has 20 heteroatoms. The van der Waals surface area contributed by atoms with Crippen molar-refractivity contribution in [3.8, 4) is 11.5 Å². The molecule has 0 radical (unpaired) electrons. The van der Waals surface area contributed by atoms with Crippen molar-refractivity contribution in [2.75, 3.05) is 50.1 Å². The van der Waals surface area contributed by atoms with Gasteiger partial charge in [-0.3, -0.25) is 24.6 Å². The molecule has 0 saturated carbocycles. The van der Waals surface area contributed by atoms with E-state index < -0.39 is 33.5 Å². The van der Waals surface area contributed by atoms with Crippen LogP contribution in [-0.2, 0) is 50.6 Å². The molecule has 2 saturated heterocycles. The molecular weight excluding hydrogens is 941 g/mol. The van der Waals surface area contributed by atoms with Gasteiger partial charge in [-0.1, -0.05) is 36.4 Å². The number of hydrogen-bond acceptors (Lipinski definition) is 14. The van der Waals surface area contributed by atoms with Crippen molar-refractivity contribution in [2.24, 2.45) is 0 Å². The van der Waals surface area contributed by atoms with Crippen molar-refractivity contribution in [1.82, 2.24) is 40.4 Å². The first-order valence-corrected chi connectivity index (χ1v) is 25.6. The second-order valence-corrected chi connectivity index (χ2v) is 20.7. The summed E-state index contributed by atoms with van der Waals surface area (Å²) in [5, 5.41) is 14.6. The highest BCUT2D eigenvalue weighted by molar-refractivity contribution is 7.89. The molecule has 4 aromatic carbocycles. The van der Waals surface area contributed by atoms with Gasteiger partial charge in [0.15, 0.2) is 0 Å². The van der Waals surface area contributed by atoms with Crippen molar-refractivity contribution < 1.29 is 41.8 Å². The number of urea groups is 1. The Morgan fingerprint density at radius 1 is 0.903 bits per heavy atom. The predicted molar refractivity (Wildman–Crippen MR) is 271 cm³/mol. The fourth-order valence-electron chi connectivity index (χ4n) is 8.52. The topological polar surface area (TPSA) is 235 Å². The van der Waals surface area contributed by atoms with Gasteiger partial charge in [-0.25, -0.2) is 22.9 Å². The third-order valence-electron chi connectivity index (χ3n) is 12.1. The lowest BCUT2D eigenvalue weighted by atomic mass is 10.0. The van der Waals surface area contributed by atoms with Gasteiger partial charge in [-0.2, -0.15) is 4.98 Å². The first-order valence-electron chi connectivity index (χ1n) is 24.1. The number of aromatic nitrogens is 2. The smallest absolute Gasteiger partial charge is 0.315 e. The predicted octanol–water partition coefficient (Wildman–Crippen LogP) is 6.18. The number of rotatable bonds is 19. The lowest BCUT2D eigenvalue weighted by Gasteiger charge is -2.26. The molecule has 2 fully saturated rings. The Morgan fingerprint density at radius 2 is 1.67 bits per heavy atom. The number of carbonyl (C=O) groups is 4. The van der Waals surface area contributed by atoms with E-state index in [0.29, 0.717) is 78.1 Å². The highest BCUT2D eigenvalue weighted by Crippen LogP contribution is 2.37. The second kappa shape index (κ2) is 23.0. The number of hydrogen-bond donors (Lipinski definition) is 6. The summed E-state index contributed by atoms with van der Waals surface area (Å²) in [5.41, 5.74) is 5.23. The van der Waals surface area contributed by atoms with Gasteiger partial charge in [0.05, 0.1) is 31.3 Å². The number of nitrogens with zero attached hydrogens (tertiary/aromatic N) is 4. The first kappa shape index (κ1) is 51.2. The van der Waals surface area contributed by atoms with Crippen LogP contribution in [0, 0.1) is 6.92 Å². The van der Waals surface area contributed by atoms with Gasteiger partial charge < -0.3 is 40.4 Å². The van der Waals surface area contributed by atoms with Crippen LogP contribution in [-0.4, -0.2) is 103 Å². The molecule has 4 heterocycles. The Morgan fingerprint density at radius 3 is 2.43 bits per heavy atom. The summed E-state index contributed by atoms with van der Waals surface area (Å²) in [6.07, 6.45) is 3.27. The Hall–Kier alpha value is -7.13. The summed E-state index contributed by atoms with van der Waals surface area (Å²) in [4.78, 5) is 65.0. The maximum absolute atomic E-state index is 13.8. The van der Waals surface area contributed by atoms with Gasteiger partial charge in [-0.15, -0.1) is 0 Å². The molecule has 3 aliphatic heterocycles. The molecule has 6 N–H and O–H groups in total. The van der Waals surface area contributed by atoms with Crippen molar-refractivity contribution in [3.05, 3.63) is 125 Å². The lowest BCUT2D eigenvalue weighted by Crippen LogP contribution is -2.46. The average Bonchev–Trinajstić information content (AvgIpc) is 3.58. The van der Waals surface area contributed by atoms with Gasteiger partial charge in [0.25, 0.3) is 5.91 Å². The summed E-state index contributed by atoms with van der Waals surface area (Å²) < 4.78 is 46.5. The maximum atomic E-state index is 13.8. The van der Waals surface area contributed by atoms with Crippen LogP contribution in [0.2, 0.25) is 0 Å². The van der Waals surface area contributed by atoms with Crippen LogP contribution in [0.15, 0.2) is 96.0 Å². The zero-order valence-corrected chi connectivity index (χ0v) is 41.8. The lowest BCUT2D eigenvalue weighted by molar-refractivity contribution is -0.132. The van der Waals surface area contributed by atoms with Crippen molar-refractivity contribution >= 4 is 56.9 Å². The molecule has 0 unspecified atom stereocenters. The normalized spacial score (nSPS) is 16.4. The van der Waals surface area contributed by atoms with E-state index in [1.54, 1.807) is 57.3 Å². The highest BCUT2D eigenvalue weighted by atomic mass is 32.2. The first-order chi connectivity index (χ1) is 34.6. The van der Waals surface area contributed by atoms with Crippen molar-refractivity contribution in [1.29, 1.82) is 0 Å². The largest absolute Gasteiger partial charge is 0.494 e. The number of fused-ring (bicyclic) bond motifs is 1. The molecule has 0 aliphatic carbocycles. The molecular formula is C52H62N10O9S. The van der Waals surface area contributed by atoms with E-state index in [-0.39, 0.29) is 42.8 Å². The summed E-state index contributed by atoms with van der Waals surface area (Å²) in [6.45, 7) is 12.4. The van der Waals surface area contributed by atoms with Crippen LogP contribution in [0.1, 0.15) is 84.6 Å². The summed E-state index contributed by atoms with van der Waals surface area (Å²) >= 11 is 0. The Kier molecular flexibility index (Phi) is 16.3. The highest BCUT2D eigenvalue weighted by Gasteiger charge is 2.40. The monoisotopic (exact) mass is 1000 g/mol. The number of sulfonamides is 1. The van der Waals surface area contributed by atoms with Gasteiger partial charge in [0, 0.05) is 84.5 Å². The number of amides is 5. The Balaban J connectivity index is 0.823. The quantitative estimate of drug-likeness (QED) is 0.0401. The molecule has 0 bridgehead atoms. The van der Waals surface area contributed by atoms with E-state index in [9.17, 15) is 27.6 Å². The van der Waals surface area contributed by atoms with Gasteiger partial charge in [0.2, 0.25) is 27.8 Å². The number of nitrogens with one attached hydrogen (secondary N) is 6. The van der Waals surface area contributed by atoms with Crippen molar-refractivity contribution in [3.63, 3.8) is 0 Å². The number of morpholine rings is 1. The molecule has 5 aromatic rings.